The molecule has 0 aromatic heterocycles. The molecule has 0 fully saturated rings. The van der Waals surface area contributed by atoms with Crippen molar-refractivity contribution < 1.29 is 18.1 Å². The molecule has 0 bridgehead atoms. The summed E-state index contributed by atoms with van der Waals surface area (Å²) in [5.41, 5.74) is 7.91. The normalized spacial score (nSPS) is 12.2. The Balaban J connectivity index is 1.94. The number of azo groups is 2. The Morgan fingerprint density at radius 1 is 0.788 bits per heavy atom. The fourth-order valence-electron chi connectivity index (χ4n) is 3.31. The number of rotatable bonds is 5. The van der Waals surface area contributed by atoms with Gasteiger partial charge in [0.25, 0.3) is 10.1 Å². The molecule has 0 aliphatic rings. The highest BCUT2D eigenvalue weighted by Crippen LogP contribution is 2.47. The third kappa shape index (κ3) is 4.56. The van der Waals surface area contributed by atoms with E-state index >= 15 is 0 Å². The largest absolute Gasteiger partial charge is 0.505 e. The van der Waals surface area contributed by atoms with Crippen molar-refractivity contribution in [2.75, 3.05) is 5.73 Å². The van der Waals surface area contributed by atoms with Crippen LogP contribution in [0.3, 0.4) is 0 Å². The van der Waals surface area contributed by atoms with Crippen molar-refractivity contribution in [3.63, 3.8) is 0 Å². The van der Waals surface area contributed by atoms with Crippen LogP contribution in [0.1, 0.15) is 5.56 Å². The molecule has 0 saturated heterocycles. The Hall–Kier alpha value is -4.15. The van der Waals surface area contributed by atoms with Crippen LogP contribution in [0, 0.1) is 6.92 Å². The lowest BCUT2D eigenvalue weighted by Crippen LogP contribution is -2.00. The van der Waals surface area contributed by atoms with Gasteiger partial charge in [0.2, 0.25) is 0 Å². The van der Waals surface area contributed by atoms with Crippen molar-refractivity contribution >= 4 is 49.3 Å². The highest BCUT2D eigenvalue weighted by Gasteiger charge is 2.24. The lowest BCUT2D eigenvalue weighted by molar-refractivity contribution is 0.472. The molecule has 0 atom stereocenters. The molecule has 4 N–H and O–H groups in total. The average molecular weight is 462 g/mol. The van der Waals surface area contributed by atoms with E-state index in [9.17, 15) is 18.1 Å². The number of phenols is 1. The molecule has 166 valence electrons. The summed E-state index contributed by atoms with van der Waals surface area (Å²) >= 11 is 0. The summed E-state index contributed by atoms with van der Waals surface area (Å²) in [6.07, 6.45) is 0. The highest BCUT2D eigenvalue weighted by molar-refractivity contribution is 7.86. The van der Waals surface area contributed by atoms with Gasteiger partial charge in [0.15, 0.2) is 5.75 Å². The number of nitrogens with two attached hydrogens (primary N) is 1. The zero-order chi connectivity index (χ0) is 23.6. The minimum atomic E-state index is -4.73. The van der Waals surface area contributed by atoms with Crippen LogP contribution in [-0.4, -0.2) is 18.1 Å². The molecular formula is C23H19N5O4S. The predicted molar refractivity (Wildman–Crippen MR) is 126 cm³/mol. The van der Waals surface area contributed by atoms with Gasteiger partial charge in [0.1, 0.15) is 16.3 Å². The molecule has 9 nitrogen and oxygen atoms in total. The Kier molecular flexibility index (Phi) is 5.86. The van der Waals surface area contributed by atoms with E-state index in [1.165, 1.54) is 6.07 Å². The topological polar surface area (TPSA) is 150 Å². The number of aromatic hydroxyl groups is 1. The van der Waals surface area contributed by atoms with Crippen LogP contribution < -0.4 is 5.73 Å². The molecule has 4 aromatic rings. The van der Waals surface area contributed by atoms with E-state index in [-0.39, 0.29) is 16.5 Å². The minimum absolute atomic E-state index is 0.0835. The number of anilines is 1. The van der Waals surface area contributed by atoms with Crippen LogP contribution in [0.5, 0.6) is 5.75 Å². The number of benzene rings is 4. The average Bonchev–Trinajstić information content (AvgIpc) is 2.78. The fourth-order valence-corrected chi connectivity index (χ4v) is 3.97. The van der Waals surface area contributed by atoms with Crippen molar-refractivity contribution in [3.8, 4) is 5.75 Å². The molecule has 0 unspecified atom stereocenters. The van der Waals surface area contributed by atoms with E-state index in [1.54, 1.807) is 55.5 Å². The number of aryl methyl sites for hydroxylation is 1. The van der Waals surface area contributed by atoms with Crippen LogP contribution in [0.15, 0.2) is 98.1 Å². The maximum Gasteiger partial charge on any atom is 0.296 e. The molecule has 4 aromatic carbocycles. The number of fused-ring (bicyclic) bond motifs is 1. The molecule has 33 heavy (non-hydrogen) atoms. The molecule has 10 heteroatoms. The maximum atomic E-state index is 12.0. The van der Waals surface area contributed by atoms with Gasteiger partial charge in [-0.3, -0.25) is 4.55 Å². The minimum Gasteiger partial charge on any atom is -0.505 e. The summed E-state index contributed by atoms with van der Waals surface area (Å²) in [7, 11) is -4.73. The van der Waals surface area contributed by atoms with E-state index in [0.717, 1.165) is 0 Å². The first-order chi connectivity index (χ1) is 15.8. The van der Waals surface area contributed by atoms with Gasteiger partial charge in [0, 0.05) is 0 Å². The van der Waals surface area contributed by atoms with Gasteiger partial charge in [-0.25, -0.2) is 0 Å². The molecule has 0 amide bonds. The molecule has 0 heterocycles. The van der Waals surface area contributed by atoms with Gasteiger partial charge >= 0.3 is 0 Å². The van der Waals surface area contributed by atoms with Crippen LogP contribution in [0.4, 0.5) is 28.4 Å². The summed E-state index contributed by atoms with van der Waals surface area (Å²) in [6, 6.07) is 20.3. The quantitative estimate of drug-likeness (QED) is 0.176. The number of nitrogens with zero attached hydrogens (tertiary/aromatic N) is 4. The lowest BCUT2D eigenvalue weighted by Gasteiger charge is -2.13. The van der Waals surface area contributed by atoms with Crippen molar-refractivity contribution in [1.82, 2.24) is 0 Å². The zero-order valence-electron chi connectivity index (χ0n) is 17.4. The summed E-state index contributed by atoms with van der Waals surface area (Å²) in [5.74, 6) is -0.548. The Bertz CT molecular complexity index is 1500. The van der Waals surface area contributed by atoms with E-state index in [2.05, 4.69) is 20.5 Å². The molecule has 0 saturated carbocycles. The number of phenolic OH excluding ortho intramolecular Hbond substituents is 1. The lowest BCUT2D eigenvalue weighted by atomic mass is 10.0. The van der Waals surface area contributed by atoms with Gasteiger partial charge in [-0.05, 0) is 54.3 Å². The predicted octanol–water partition coefficient (Wildman–Crippen LogP) is 6.51. The zero-order valence-corrected chi connectivity index (χ0v) is 18.2. The maximum absolute atomic E-state index is 12.0. The van der Waals surface area contributed by atoms with E-state index in [0.29, 0.717) is 22.6 Å². The molecule has 4 rings (SSSR count). The van der Waals surface area contributed by atoms with Crippen LogP contribution in [0.2, 0.25) is 0 Å². The second-order valence-corrected chi connectivity index (χ2v) is 8.56. The number of hydrogen-bond acceptors (Lipinski definition) is 8. The molecule has 0 spiro atoms. The van der Waals surface area contributed by atoms with Crippen LogP contribution >= 0.6 is 0 Å². The second-order valence-electron chi connectivity index (χ2n) is 7.17. The van der Waals surface area contributed by atoms with E-state index in [1.807, 2.05) is 18.2 Å². The molecule has 0 aliphatic heterocycles. The first kappa shape index (κ1) is 22.1. The van der Waals surface area contributed by atoms with Gasteiger partial charge in [-0.15, -0.1) is 10.2 Å². The van der Waals surface area contributed by atoms with Gasteiger partial charge in [-0.1, -0.05) is 36.4 Å². The summed E-state index contributed by atoms with van der Waals surface area (Å²) < 4.78 is 33.8. The third-order valence-electron chi connectivity index (χ3n) is 4.86. The standard InChI is InChI=1S/C23H19N5O4S/c1-14-12-15-13-18(33(30,31)32)22(28-26-17-10-6-3-7-11-17)23(29)19(15)20(24)21(14)27-25-16-8-4-2-5-9-16/h2-13,29H,24H2,1H3,(H,30,31,32). The Labute approximate surface area is 189 Å². The van der Waals surface area contributed by atoms with E-state index < -0.39 is 26.5 Å². The Morgan fingerprint density at radius 3 is 1.82 bits per heavy atom. The van der Waals surface area contributed by atoms with Crippen molar-refractivity contribution in [2.45, 2.75) is 11.8 Å². The molecule has 0 aliphatic carbocycles. The fraction of sp³-hybridized carbons (Fsp3) is 0.0435. The summed E-state index contributed by atoms with van der Waals surface area (Å²) in [5, 5.41) is 27.7. The number of hydrogen-bond donors (Lipinski definition) is 3. The monoisotopic (exact) mass is 461 g/mol. The molecular weight excluding hydrogens is 442 g/mol. The first-order valence-corrected chi connectivity index (χ1v) is 11.2. The summed E-state index contributed by atoms with van der Waals surface area (Å²) in [4.78, 5) is -0.593. The smallest absolute Gasteiger partial charge is 0.296 e. The SMILES string of the molecule is Cc1cc2cc(S(=O)(=O)O)c(N=Nc3ccccc3)c(O)c2c(N)c1N=Nc1ccccc1. The van der Waals surface area contributed by atoms with Gasteiger partial charge < -0.3 is 10.8 Å². The van der Waals surface area contributed by atoms with Crippen molar-refractivity contribution in [1.29, 1.82) is 0 Å². The Morgan fingerprint density at radius 2 is 1.30 bits per heavy atom. The van der Waals surface area contributed by atoms with Gasteiger partial charge in [-0.2, -0.15) is 18.6 Å². The highest BCUT2D eigenvalue weighted by atomic mass is 32.2. The molecule has 0 radical (unpaired) electrons. The van der Waals surface area contributed by atoms with Gasteiger partial charge in [0.05, 0.1) is 22.4 Å². The number of nitrogen functional groups attached to an aromatic ring is 1. The second kappa shape index (κ2) is 8.77. The third-order valence-corrected chi connectivity index (χ3v) is 5.73. The van der Waals surface area contributed by atoms with Crippen molar-refractivity contribution in [3.05, 3.63) is 78.4 Å². The summed E-state index contributed by atoms with van der Waals surface area (Å²) in [6.45, 7) is 1.72. The van der Waals surface area contributed by atoms with Crippen LogP contribution in [0.25, 0.3) is 10.8 Å². The van der Waals surface area contributed by atoms with E-state index in [4.69, 9.17) is 5.73 Å². The first-order valence-electron chi connectivity index (χ1n) is 9.75. The van der Waals surface area contributed by atoms with Crippen molar-refractivity contribution in [2.24, 2.45) is 20.5 Å². The van der Waals surface area contributed by atoms with Crippen LogP contribution in [-0.2, 0) is 10.1 Å².